The molecule has 0 radical (unpaired) electrons. The van der Waals surface area contributed by atoms with E-state index < -0.39 is 11.2 Å². The van der Waals surface area contributed by atoms with E-state index in [9.17, 15) is 14.4 Å². The number of amides is 1. The first-order chi connectivity index (χ1) is 16.5. The lowest BCUT2D eigenvalue weighted by atomic mass is 10.2. The molecule has 0 fully saturated rings. The Hall–Kier alpha value is -3.92. The Morgan fingerprint density at radius 3 is 2.71 bits per heavy atom. The van der Waals surface area contributed by atoms with Crippen LogP contribution in [0.2, 0.25) is 0 Å². The third-order valence-corrected chi connectivity index (χ3v) is 6.23. The van der Waals surface area contributed by atoms with Gasteiger partial charge in [-0.25, -0.2) is 9.78 Å². The van der Waals surface area contributed by atoms with Crippen molar-refractivity contribution >= 4 is 28.7 Å². The highest BCUT2D eigenvalue weighted by atomic mass is 32.1. The van der Waals surface area contributed by atoms with Crippen LogP contribution >= 0.6 is 11.3 Å². The van der Waals surface area contributed by atoms with Gasteiger partial charge in [-0.3, -0.25) is 24.0 Å². The number of rotatable bonds is 9. The molecule has 0 bridgehead atoms. The predicted molar refractivity (Wildman–Crippen MR) is 132 cm³/mol. The molecule has 0 unspecified atom stereocenters. The fourth-order valence-electron chi connectivity index (χ4n) is 3.59. The maximum absolute atomic E-state index is 13.5. The van der Waals surface area contributed by atoms with Crippen LogP contribution in [0, 0.1) is 0 Å². The van der Waals surface area contributed by atoms with Crippen molar-refractivity contribution in [2.24, 2.45) is 0 Å². The minimum atomic E-state index is -0.700. The molecule has 3 N–H and O–H groups in total. The highest BCUT2D eigenvalue weighted by Crippen LogP contribution is 2.26. The molecule has 4 rings (SSSR count). The van der Waals surface area contributed by atoms with E-state index in [0.29, 0.717) is 29.4 Å². The van der Waals surface area contributed by atoms with Crippen LogP contribution in [0.15, 0.2) is 68.1 Å². The molecule has 34 heavy (non-hydrogen) atoms. The third-order valence-electron chi connectivity index (χ3n) is 5.32. The van der Waals surface area contributed by atoms with Gasteiger partial charge in [0.15, 0.2) is 16.5 Å². The molecule has 3 heterocycles. The number of aromatic amines is 1. The zero-order valence-corrected chi connectivity index (χ0v) is 19.5. The minimum absolute atomic E-state index is 0.0268. The van der Waals surface area contributed by atoms with Gasteiger partial charge in [-0.1, -0.05) is 43.7 Å². The molecule has 0 aliphatic carbocycles. The van der Waals surface area contributed by atoms with Gasteiger partial charge in [0.1, 0.15) is 5.82 Å². The summed E-state index contributed by atoms with van der Waals surface area (Å²) in [5.74, 6) is 0.229. The van der Waals surface area contributed by atoms with E-state index in [1.807, 2.05) is 37.3 Å². The molecule has 4 aromatic rings. The van der Waals surface area contributed by atoms with E-state index in [4.69, 9.17) is 10.2 Å². The number of benzene rings is 1. The van der Waals surface area contributed by atoms with E-state index in [2.05, 4.69) is 9.97 Å². The van der Waals surface area contributed by atoms with Crippen molar-refractivity contribution in [3.63, 3.8) is 0 Å². The number of unbranched alkanes of at least 4 members (excludes halogenated alkanes) is 1. The number of thiazole rings is 1. The van der Waals surface area contributed by atoms with Crippen LogP contribution in [0.4, 0.5) is 11.5 Å². The Morgan fingerprint density at radius 2 is 2.00 bits per heavy atom. The highest BCUT2D eigenvalue weighted by molar-refractivity contribution is 7.13. The Balaban J connectivity index is 1.71. The van der Waals surface area contributed by atoms with Gasteiger partial charge in [-0.15, -0.1) is 11.3 Å². The molecule has 0 atom stereocenters. The molecule has 9 nitrogen and oxygen atoms in total. The average Bonchev–Trinajstić information content (AvgIpc) is 3.51. The Morgan fingerprint density at radius 1 is 1.21 bits per heavy atom. The first-order valence-electron chi connectivity index (χ1n) is 10.9. The van der Waals surface area contributed by atoms with E-state index >= 15 is 0 Å². The van der Waals surface area contributed by atoms with Crippen molar-refractivity contribution in [3.8, 4) is 10.8 Å². The summed E-state index contributed by atoms with van der Waals surface area (Å²) in [6, 6.07) is 12.9. The molecular formula is C24H25N5O4S. The maximum atomic E-state index is 13.5. The quantitative estimate of drug-likeness (QED) is 0.379. The molecule has 0 saturated heterocycles. The molecule has 3 aromatic heterocycles. The van der Waals surface area contributed by atoms with E-state index in [1.165, 1.54) is 20.8 Å². The fraction of sp³-hybridized carbons (Fsp3) is 0.250. The second-order valence-corrected chi connectivity index (χ2v) is 8.62. The number of hydrogen-bond acceptors (Lipinski definition) is 7. The van der Waals surface area contributed by atoms with Crippen LogP contribution in [0.25, 0.3) is 10.8 Å². The van der Waals surface area contributed by atoms with Gasteiger partial charge < -0.3 is 10.2 Å². The highest BCUT2D eigenvalue weighted by Gasteiger charge is 2.25. The summed E-state index contributed by atoms with van der Waals surface area (Å²) in [6.07, 6.45) is 3.06. The van der Waals surface area contributed by atoms with Crippen LogP contribution in [-0.2, 0) is 24.3 Å². The number of hydrogen-bond donors (Lipinski definition) is 2. The summed E-state index contributed by atoms with van der Waals surface area (Å²) in [5, 5.41) is 2.44. The average molecular weight is 480 g/mol. The SMILES string of the molecule is CCCCn1c(N)c(N(Cc2ccccc2)C(=O)Cc2csc(-c3ccco3)n2)c(=O)[nH]c1=O. The number of carbonyl (C=O) groups is 1. The summed E-state index contributed by atoms with van der Waals surface area (Å²) in [6.45, 7) is 2.45. The van der Waals surface area contributed by atoms with Gasteiger partial charge in [0.05, 0.1) is 24.9 Å². The van der Waals surface area contributed by atoms with Gasteiger partial charge >= 0.3 is 5.69 Å². The van der Waals surface area contributed by atoms with E-state index in [1.54, 1.807) is 23.8 Å². The van der Waals surface area contributed by atoms with E-state index in [-0.39, 0.29) is 30.4 Å². The maximum Gasteiger partial charge on any atom is 0.330 e. The van der Waals surface area contributed by atoms with Gasteiger partial charge in [0.25, 0.3) is 5.56 Å². The number of nitrogens with one attached hydrogen (secondary N) is 1. The zero-order valence-electron chi connectivity index (χ0n) is 18.7. The van der Waals surface area contributed by atoms with Gasteiger partial charge in [0, 0.05) is 11.9 Å². The summed E-state index contributed by atoms with van der Waals surface area (Å²) in [5.41, 5.74) is 6.34. The Bertz CT molecular complexity index is 1370. The number of nitrogens with zero attached hydrogens (tertiary/aromatic N) is 3. The number of nitrogen functional groups attached to an aromatic ring is 1. The smallest absolute Gasteiger partial charge is 0.330 e. The minimum Gasteiger partial charge on any atom is -0.462 e. The van der Waals surface area contributed by atoms with Crippen molar-refractivity contribution in [2.45, 2.75) is 39.3 Å². The van der Waals surface area contributed by atoms with Crippen LogP contribution < -0.4 is 21.9 Å². The normalized spacial score (nSPS) is 11.0. The van der Waals surface area contributed by atoms with Crippen LogP contribution in [0.1, 0.15) is 31.0 Å². The standard InChI is InChI=1S/C24H25N5O4S/c1-2-3-11-28-21(25)20(22(31)27-24(28)32)29(14-16-8-5-4-6-9-16)19(30)13-17-15-34-23(26-17)18-10-7-12-33-18/h4-10,12,15H,2-3,11,13-14,25H2,1H3,(H,27,31,32). The lowest BCUT2D eigenvalue weighted by molar-refractivity contribution is -0.118. The number of nitrogens with two attached hydrogens (primary N) is 1. The van der Waals surface area contributed by atoms with Crippen LogP contribution in [0.3, 0.4) is 0 Å². The number of H-pyrrole nitrogens is 1. The molecule has 176 valence electrons. The molecule has 0 saturated carbocycles. The van der Waals surface area contributed by atoms with Crippen molar-refractivity contribution in [1.82, 2.24) is 14.5 Å². The molecule has 0 spiro atoms. The number of aromatic nitrogens is 3. The van der Waals surface area contributed by atoms with Crippen LogP contribution in [0.5, 0.6) is 0 Å². The number of furan rings is 1. The first-order valence-corrected chi connectivity index (χ1v) is 11.8. The lowest BCUT2D eigenvalue weighted by Gasteiger charge is -2.24. The first kappa shape index (κ1) is 23.2. The summed E-state index contributed by atoms with van der Waals surface area (Å²) >= 11 is 1.37. The molecule has 1 aromatic carbocycles. The Kier molecular flexibility index (Phi) is 7.07. The van der Waals surface area contributed by atoms with Crippen molar-refractivity contribution < 1.29 is 9.21 Å². The Labute approximate surface area is 199 Å². The van der Waals surface area contributed by atoms with Gasteiger partial charge in [0.2, 0.25) is 5.91 Å². The number of carbonyl (C=O) groups excluding carboxylic acids is 1. The largest absolute Gasteiger partial charge is 0.462 e. The van der Waals surface area contributed by atoms with Crippen molar-refractivity contribution in [2.75, 3.05) is 10.6 Å². The summed E-state index contributed by atoms with van der Waals surface area (Å²) in [4.78, 5) is 46.9. The molecule has 0 aliphatic rings. The lowest BCUT2D eigenvalue weighted by Crippen LogP contribution is -2.41. The molecule has 10 heteroatoms. The predicted octanol–water partition coefficient (Wildman–Crippen LogP) is 3.41. The van der Waals surface area contributed by atoms with Crippen molar-refractivity contribution in [1.29, 1.82) is 0 Å². The topological polar surface area (TPSA) is 127 Å². The van der Waals surface area contributed by atoms with Gasteiger partial charge in [-0.2, -0.15) is 0 Å². The monoisotopic (exact) mass is 479 g/mol. The summed E-state index contributed by atoms with van der Waals surface area (Å²) < 4.78 is 6.69. The molecule has 1 amide bonds. The van der Waals surface area contributed by atoms with Gasteiger partial charge in [-0.05, 0) is 24.1 Å². The molecule has 0 aliphatic heterocycles. The zero-order chi connectivity index (χ0) is 24.1. The second kappa shape index (κ2) is 10.3. The van der Waals surface area contributed by atoms with Crippen LogP contribution in [-0.4, -0.2) is 20.4 Å². The fourth-order valence-corrected chi connectivity index (χ4v) is 4.37. The third kappa shape index (κ3) is 5.01. The van der Waals surface area contributed by atoms with Crippen molar-refractivity contribution in [3.05, 3.63) is 86.2 Å². The van der Waals surface area contributed by atoms with E-state index in [0.717, 1.165) is 12.0 Å². The molecular weight excluding hydrogens is 454 g/mol. The number of anilines is 2. The second-order valence-electron chi connectivity index (χ2n) is 7.76. The summed E-state index contributed by atoms with van der Waals surface area (Å²) in [7, 11) is 0.